The molecule has 1 aromatic heterocycles. The number of hydrogen-bond donors (Lipinski definition) is 2. The number of alkyl halides is 1. The van der Waals surface area contributed by atoms with E-state index in [1.165, 1.54) is 9.18 Å². The number of rotatable bonds is 3. The number of sulfonamides is 1. The fourth-order valence-corrected chi connectivity index (χ4v) is 7.10. The Bertz CT molecular complexity index is 1190. The largest absolute Gasteiger partial charge is 0.507 e. The summed E-state index contributed by atoms with van der Waals surface area (Å²) in [4.78, 5) is 1.71. The van der Waals surface area contributed by atoms with Gasteiger partial charge in [-0.2, -0.15) is 4.31 Å². The van der Waals surface area contributed by atoms with E-state index in [1.54, 1.807) is 41.7 Å². The lowest BCUT2D eigenvalue weighted by atomic mass is 9.90. The number of hydrogen-bond acceptors (Lipinski definition) is 5. The fraction of sp³-hybridized carbons (Fsp3) is 0.238. The lowest BCUT2D eigenvalue weighted by Gasteiger charge is -2.23. The molecule has 1 atom stereocenters. The Labute approximate surface area is 182 Å². The summed E-state index contributed by atoms with van der Waals surface area (Å²) in [5.41, 5.74) is 4.57. The third-order valence-corrected chi connectivity index (χ3v) is 9.06. The Morgan fingerprint density at radius 1 is 1.10 bits per heavy atom. The number of nitrogens with one attached hydrogen (secondary N) is 1. The van der Waals surface area contributed by atoms with Gasteiger partial charge in [-0.15, -0.1) is 11.3 Å². The van der Waals surface area contributed by atoms with E-state index >= 15 is 0 Å². The van der Waals surface area contributed by atoms with Crippen LogP contribution in [0.3, 0.4) is 0 Å². The van der Waals surface area contributed by atoms with Gasteiger partial charge in [-0.05, 0) is 47.7 Å². The second-order valence-corrected chi connectivity index (χ2v) is 11.5. The quantitative estimate of drug-likeness (QED) is 0.405. The van der Waals surface area contributed by atoms with Crippen molar-refractivity contribution < 1.29 is 13.5 Å². The second kappa shape index (κ2) is 7.12. The van der Waals surface area contributed by atoms with Crippen LogP contribution in [0.15, 0.2) is 52.7 Å². The van der Waals surface area contributed by atoms with Crippen LogP contribution < -0.4 is 5.32 Å². The molecule has 8 heteroatoms. The molecule has 2 aliphatic rings. The summed E-state index contributed by atoms with van der Waals surface area (Å²) < 4.78 is 27.3. The van der Waals surface area contributed by atoms with Crippen molar-refractivity contribution in [1.82, 2.24) is 4.31 Å². The maximum absolute atomic E-state index is 12.9. The average Bonchev–Trinajstić information content (AvgIpc) is 3.37. The van der Waals surface area contributed by atoms with Gasteiger partial charge in [0.25, 0.3) is 0 Å². The highest BCUT2D eigenvalue weighted by atomic mass is 79.9. The number of halogens is 1. The van der Waals surface area contributed by atoms with Crippen molar-refractivity contribution in [3.05, 3.63) is 52.7 Å². The van der Waals surface area contributed by atoms with E-state index in [9.17, 15) is 13.5 Å². The average molecular weight is 491 g/mol. The summed E-state index contributed by atoms with van der Waals surface area (Å²) in [5, 5.41) is 16.1. The van der Waals surface area contributed by atoms with Crippen LogP contribution in [0.5, 0.6) is 5.75 Å². The van der Waals surface area contributed by atoms with Crippen LogP contribution in [-0.2, 0) is 16.6 Å². The Balaban J connectivity index is 1.57. The van der Waals surface area contributed by atoms with Crippen molar-refractivity contribution in [3.8, 4) is 28.0 Å². The predicted octanol–water partition coefficient (Wildman–Crippen LogP) is 4.87. The van der Waals surface area contributed by atoms with Gasteiger partial charge in [0.05, 0.1) is 11.4 Å². The highest BCUT2D eigenvalue weighted by molar-refractivity contribution is 9.09. The first kappa shape index (κ1) is 19.1. The van der Waals surface area contributed by atoms with Gasteiger partial charge in [-0.25, -0.2) is 8.42 Å². The maximum atomic E-state index is 12.9. The van der Waals surface area contributed by atoms with Gasteiger partial charge in [0.2, 0.25) is 10.0 Å². The predicted molar refractivity (Wildman–Crippen MR) is 120 cm³/mol. The molecule has 1 unspecified atom stereocenters. The summed E-state index contributed by atoms with van der Waals surface area (Å²) in [6.07, 6.45) is 0.817. The van der Waals surface area contributed by atoms with E-state index in [-0.39, 0.29) is 15.5 Å². The molecule has 0 bridgehead atoms. The topological polar surface area (TPSA) is 69.6 Å². The van der Waals surface area contributed by atoms with Crippen molar-refractivity contribution in [1.29, 1.82) is 0 Å². The lowest BCUT2D eigenvalue weighted by Crippen LogP contribution is -2.28. The molecule has 2 N–H and O–H groups in total. The first-order valence-electron chi connectivity index (χ1n) is 9.36. The Morgan fingerprint density at radius 2 is 1.90 bits per heavy atom. The third-order valence-electron chi connectivity index (χ3n) is 5.51. The molecule has 0 aliphatic carbocycles. The van der Waals surface area contributed by atoms with Crippen LogP contribution >= 0.6 is 27.3 Å². The molecule has 0 radical (unpaired) electrons. The van der Waals surface area contributed by atoms with E-state index in [1.807, 2.05) is 6.07 Å². The van der Waals surface area contributed by atoms with Crippen LogP contribution in [0.25, 0.3) is 22.3 Å². The Morgan fingerprint density at radius 3 is 2.62 bits per heavy atom. The summed E-state index contributed by atoms with van der Waals surface area (Å²) in [6.45, 7) is 1.79. The first-order chi connectivity index (χ1) is 13.9. The molecular weight excluding hydrogens is 472 g/mol. The van der Waals surface area contributed by atoms with E-state index < -0.39 is 10.0 Å². The Hall–Kier alpha value is -1.87. The van der Waals surface area contributed by atoms with Crippen molar-refractivity contribution in [3.63, 3.8) is 0 Å². The minimum Gasteiger partial charge on any atom is -0.507 e. The van der Waals surface area contributed by atoms with Crippen LogP contribution in [0.1, 0.15) is 11.3 Å². The SMILES string of the molecule is O=S(=O)(c1ccc(-c2c(O)ccc3c2-c2ccsc2CN3)cc1)N1CCC(Br)C1. The smallest absolute Gasteiger partial charge is 0.243 e. The van der Waals surface area contributed by atoms with Crippen LogP contribution in [-0.4, -0.2) is 35.7 Å². The van der Waals surface area contributed by atoms with Crippen molar-refractivity contribution in [2.75, 3.05) is 18.4 Å². The summed E-state index contributed by atoms with van der Waals surface area (Å²) >= 11 is 5.19. The minimum absolute atomic E-state index is 0.182. The minimum atomic E-state index is -3.51. The highest BCUT2D eigenvalue weighted by Crippen LogP contribution is 2.48. The molecule has 0 spiro atoms. The van der Waals surface area contributed by atoms with Gasteiger partial charge >= 0.3 is 0 Å². The summed E-state index contributed by atoms with van der Waals surface area (Å²) in [6, 6.07) is 12.5. The van der Waals surface area contributed by atoms with Gasteiger partial charge in [0.15, 0.2) is 0 Å². The number of phenolic OH excluding ortho intramolecular Hbond substituents is 1. The lowest BCUT2D eigenvalue weighted by molar-refractivity contribution is 0.477. The number of phenols is 1. The van der Waals surface area contributed by atoms with Gasteiger partial charge in [0, 0.05) is 45.2 Å². The number of fused-ring (bicyclic) bond motifs is 3. The molecule has 2 aliphatic heterocycles. The number of aromatic hydroxyl groups is 1. The van der Waals surface area contributed by atoms with Gasteiger partial charge in [-0.3, -0.25) is 0 Å². The molecule has 3 heterocycles. The molecule has 2 aromatic carbocycles. The number of benzene rings is 2. The fourth-order valence-electron chi connectivity index (χ4n) is 4.04. The zero-order chi connectivity index (χ0) is 20.2. The zero-order valence-electron chi connectivity index (χ0n) is 15.4. The van der Waals surface area contributed by atoms with Gasteiger partial charge < -0.3 is 10.4 Å². The molecule has 0 amide bonds. The van der Waals surface area contributed by atoms with E-state index in [2.05, 4.69) is 32.7 Å². The standard InChI is InChI=1S/C21H19BrN2O3S2/c22-14-7-9-24(12-14)29(26,27)15-3-1-13(2-4-15)20-18(25)6-5-17-21(20)16-8-10-28-19(16)11-23-17/h1-6,8,10,14,23,25H,7,9,11-12H2. The number of nitrogens with zero attached hydrogens (tertiary/aromatic N) is 1. The second-order valence-electron chi connectivity index (χ2n) is 7.27. The molecular formula is C21H19BrN2O3S2. The van der Waals surface area contributed by atoms with Crippen molar-refractivity contribution in [2.45, 2.75) is 22.7 Å². The van der Waals surface area contributed by atoms with Gasteiger partial charge in [-0.1, -0.05) is 28.1 Å². The number of thiophene rings is 1. The Kier molecular flexibility index (Phi) is 4.70. The molecule has 1 saturated heterocycles. The van der Waals surface area contributed by atoms with Crippen molar-refractivity contribution in [2.24, 2.45) is 0 Å². The number of anilines is 1. The van der Waals surface area contributed by atoms with Crippen LogP contribution in [0.4, 0.5) is 5.69 Å². The molecule has 5 rings (SSSR count). The van der Waals surface area contributed by atoms with Crippen LogP contribution in [0, 0.1) is 0 Å². The molecule has 5 nitrogen and oxygen atoms in total. The van der Waals surface area contributed by atoms with E-state index in [4.69, 9.17) is 0 Å². The normalized spacial score (nSPS) is 18.9. The van der Waals surface area contributed by atoms with Gasteiger partial charge in [0.1, 0.15) is 5.75 Å². The summed E-state index contributed by atoms with van der Waals surface area (Å²) in [7, 11) is -3.51. The molecule has 0 saturated carbocycles. The molecule has 1 fully saturated rings. The highest BCUT2D eigenvalue weighted by Gasteiger charge is 2.31. The van der Waals surface area contributed by atoms with E-state index in [0.29, 0.717) is 13.1 Å². The molecule has 150 valence electrons. The van der Waals surface area contributed by atoms with Crippen LogP contribution in [0.2, 0.25) is 0 Å². The van der Waals surface area contributed by atoms with Crippen molar-refractivity contribution >= 4 is 43.0 Å². The zero-order valence-corrected chi connectivity index (χ0v) is 18.6. The monoisotopic (exact) mass is 490 g/mol. The first-order valence-corrected chi connectivity index (χ1v) is 12.6. The third kappa shape index (κ3) is 3.18. The molecule has 29 heavy (non-hydrogen) atoms. The molecule has 3 aromatic rings. The summed E-state index contributed by atoms with van der Waals surface area (Å²) in [5.74, 6) is 0.182. The maximum Gasteiger partial charge on any atom is 0.243 e. The van der Waals surface area contributed by atoms with E-state index in [0.717, 1.165) is 40.9 Å².